The zero-order valence-corrected chi connectivity index (χ0v) is 12.5. The second-order valence-electron chi connectivity index (χ2n) is 5.24. The first-order valence-corrected chi connectivity index (χ1v) is 7.42. The number of amides is 1. The van der Waals surface area contributed by atoms with E-state index in [1.54, 1.807) is 0 Å². The highest BCUT2D eigenvalue weighted by molar-refractivity contribution is 5.79. The van der Waals surface area contributed by atoms with Gasteiger partial charge in [-0.3, -0.25) is 4.79 Å². The number of aryl methyl sites for hydroxylation is 1. The lowest BCUT2D eigenvalue weighted by molar-refractivity contribution is -0.118. The fraction of sp³-hybridized carbons (Fsp3) is 0.222. The minimum absolute atomic E-state index is 0.00392. The molecule has 0 atom stereocenters. The van der Waals surface area contributed by atoms with Crippen molar-refractivity contribution in [3.63, 3.8) is 0 Å². The third-order valence-electron chi connectivity index (χ3n) is 3.51. The molecular formula is C18H18N2O2. The standard InChI is InChI=1S/C18H18N2O2/c1-13(21)19-12-6-10-14-9-5-11-16-17(14)22-18(20-16)15-7-3-2-4-8-15/h2-5,7-9,11H,6,10,12H2,1H3,(H,19,21). The SMILES string of the molecule is CC(=O)NCCCc1cccc2nc(-c3ccccc3)oc12. The quantitative estimate of drug-likeness (QED) is 0.732. The molecule has 0 saturated heterocycles. The van der Waals surface area contributed by atoms with Crippen molar-refractivity contribution < 1.29 is 9.21 Å². The summed E-state index contributed by atoms with van der Waals surface area (Å²) in [5.74, 6) is 0.647. The van der Waals surface area contributed by atoms with Crippen LogP contribution in [0.4, 0.5) is 0 Å². The molecule has 1 N–H and O–H groups in total. The number of aromatic nitrogens is 1. The molecule has 0 aliphatic rings. The van der Waals surface area contributed by atoms with Gasteiger partial charge in [-0.1, -0.05) is 30.3 Å². The number of carbonyl (C=O) groups is 1. The van der Waals surface area contributed by atoms with Crippen LogP contribution in [0.5, 0.6) is 0 Å². The Balaban J connectivity index is 1.83. The van der Waals surface area contributed by atoms with Gasteiger partial charge in [0.25, 0.3) is 0 Å². The molecular weight excluding hydrogens is 276 g/mol. The van der Waals surface area contributed by atoms with E-state index in [0.29, 0.717) is 12.4 Å². The van der Waals surface area contributed by atoms with Gasteiger partial charge in [0.05, 0.1) is 0 Å². The third-order valence-corrected chi connectivity index (χ3v) is 3.51. The summed E-state index contributed by atoms with van der Waals surface area (Å²) in [6.45, 7) is 2.20. The summed E-state index contributed by atoms with van der Waals surface area (Å²) in [5, 5.41) is 2.81. The van der Waals surface area contributed by atoms with E-state index in [-0.39, 0.29) is 5.91 Å². The first kappa shape index (κ1) is 14.3. The average molecular weight is 294 g/mol. The van der Waals surface area contributed by atoms with Gasteiger partial charge in [0.2, 0.25) is 11.8 Å². The fourth-order valence-electron chi connectivity index (χ4n) is 2.45. The molecule has 22 heavy (non-hydrogen) atoms. The first-order valence-electron chi connectivity index (χ1n) is 7.42. The van der Waals surface area contributed by atoms with Crippen LogP contribution < -0.4 is 5.32 Å². The first-order chi connectivity index (χ1) is 10.7. The second kappa shape index (κ2) is 6.43. The number of hydrogen-bond donors (Lipinski definition) is 1. The Morgan fingerprint density at radius 3 is 2.73 bits per heavy atom. The molecule has 112 valence electrons. The zero-order valence-electron chi connectivity index (χ0n) is 12.5. The predicted molar refractivity (Wildman–Crippen MR) is 86.4 cm³/mol. The van der Waals surface area contributed by atoms with Gasteiger partial charge in [0.15, 0.2) is 5.58 Å². The average Bonchev–Trinajstić information content (AvgIpc) is 2.97. The molecule has 2 aromatic carbocycles. The van der Waals surface area contributed by atoms with Crippen molar-refractivity contribution in [2.75, 3.05) is 6.54 Å². The van der Waals surface area contributed by atoms with Crippen LogP contribution in [0.1, 0.15) is 18.9 Å². The van der Waals surface area contributed by atoms with E-state index in [2.05, 4.69) is 16.4 Å². The number of para-hydroxylation sites is 1. The number of nitrogens with one attached hydrogen (secondary N) is 1. The monoisotopic (exact) mass is 294 g/mol. The maximum atomic E-state index is 10.9. The van der Waals surface area contributed by atoms with E-state index in [4.69, 9.17) is 4.42 Å². The molecule has 0 saturated carbocycles. The lowest BCUT2D eigenvalue weighted by Gasteiger charge is -2.03. The van der Waals surface area contributed by atoms with Crippen LogP contribution in [0.2, 0.25) is 0 Å². The van der Waals surface area contributed by atoms with Crippen molar-refractivity contribution in [1.29, 1.82) is 0 Å². The Morgan fingerprint density at radius 2 is 1.95 bits per heavy atom. The number of fused-ring (bicyclic) bond motifs is 1. The molecule has 1 aromatic heterocycles. The fourth-order valence-corrected chi connectivity index (χ4v) is 2.45. The molecule has 0 radical (unpaired) electrons. The largest absolute Gasteiger partial charge is 0.436 e. The summed E-state index contributed by atoms with van der Waals surface area (Å²) >= 11 is 0. The number of oxazole rings is 1. The summed E-state index contributed by atoms with van der Waals surface area (Å²) in [6.07, 6.45) is 1.72. The molecule has 0 aliphatic heterocycles. The Hall–Kier alpha value is -2.62. The normalized spacial score (nSPS) is 10.8. The summed E-state index contributed by atoms with van der Waals surface area (Å²) in [7, 11) is 0. The highest BCUT2D eigenvalue weighted by Crippen LogP contribution is 2.26. The minimum atomic E-state index is 0.00392. The van der Waals surface area contributed by atoms with E-state index in [1.807, 2.05) is 42.5 Å². The number of benzene rings is 2. The van der Waals surface area contributed by atoms with Crippen LogP contribution in [-0.4, -0.2) is 17.4 Å². The molecule has 0 aliphatic carbocycles. The maximum Gasteiger partial charge on any atom is 0.227 e. The Bertz CT molecular complexity index is 778. The van der Waals surface area contributed by atoms with Gasteiger partial charge in [-0.15, -0.1) is 0 Å². The van der Waals surface area contributed by atoms with Gasteiger partial charge >= 0.3 is 0 Å². The van der Waals surface area contributed by atoms with E-state index >= 15 is 0 Å². The molecule has 0 unspecified atom stereocenters. The van der Waals surface area contributed by atoms with Crippen molar-refractivity contribution >= 4 is 17.0 Å². The summed E-state index contributed by atoms with van der Waals surface area (Å²) in [5.41, 5.74) is 3.81. The molecule has 4 heteroatoms. The zero-order chi connectivity index (χ0) is 15.4. The highest BCUT2D eigenvalue weighted by Gasteiger charge is 2.11. The van der Waals surface area contributed by atoms with Gasteiger partial charge in [-0.05, 0) is 36.6 Å². The van der Waals surface area contributed by atoms with Crippen LogP contribution in [0, 0.1) is 0 Å². The number of carbonyl (C=O) groups excluding carboxylic acids is 1. The predicted octanol–water partition coefficient (Wildman–Crippen LogP) is 3.56. The number of nitrogens with zero attached hydrogens (tertiary/aromatic N) is 1. The molecule has 0 bridgehead atoms. The van der Waals surface area contributed by atoms with Crippen molar-refractivity contribution in [1.82, 2.24) is 10.3 Å². The van der Waals surface area contributed by atoms with Crippen molar-refractivity contribution in [2.45, 2.75) is 19.8 Å². The summed E-state index contributed by atoms with van der Waals surface area (Å²) in [6, 6.07) is 15.9. The third kappa shape index (κ3) is 3.17. The lowest BCUT2D eigenvalue weighted by atomic mass is 10.1. The van der Waals surface area contributed by atoms with Gasteiger partial charge in [-0.25, -0.2) is 4.98 Å². The molecule has 1 heterocycles. The molecule has 1 amide bonds. The van der Waals surface area contributed by atoms with Gasteiger partial charge < -0.3 is 9.73 Å². The van der Waals surface area contributed by atoms with Crippen molar-refractivity contribution in [3.05, 3.63) is 54.1 Å². The van der Waals surface area contributed by atoms with Crippen LogP contribution >= 0.6 is 0 Å². The van der Waals surface area contributed by atoms with E-state index < -0.39 is 0 Å². The highest BCUT2D eigenvalue weighted by atomic mass is 16.3. The Morgan fingerprint density at radius 1 is 1.14 bits per heavy atom. The lowest BCUT2D eigenvalue weighted by Crippen LogP contribution is -2.21. The van der Waals surface area contributed by atoms with Crippen LogP contribution in [-0.2, 0) is 11.2 Å². The van der Waals surface area contributed by atoms with E-state index in [1.165, 1.54) is 6.92 Å². The Kier molecular flexibility index (Phi) is 4.19. The van der Waals surface area contributed by atoms with Crippen LogP contribution in [0.25, 0.3) is 22.6 Å². The van der Waals surface area contributed by atoms with Gasteiger partial charge in [-0.2, -0.15) is 0 Å². The van der Waals surface area contributed by atoms with Crippen LogP contribution in [0.15, 0.2) is 52.9 Å². The number of hydrogen-bond acceptors (Lipinski definition) is 3. The van der Waals surface area contributed by atoms with Gasteiger partial charge in [0, 0.05) is 19.0 Å². The van der Waals surface area contributed by atoms with Crippen LogP contribution in [0.3, 0.4) is 0 Å². The van der Waals surface area contributed by atoms with Crippen molar-refractivity contribution in [2.24, 2.45) is 0 Å². The molecule has 3 aromatic rings. The Labute approximate surface area is 129 Å². The molecule has 4 nitrogen and oxygen atoms in total. The van der Waals surface area contributed by atoms with E-state index in [9.17, 15) is 4.79 Å². The van der Waals surface area contributed by atoms with Crippen molar-refractivity contribution in [3.8, 4) is 11.5 Å². The molecule has 3 rings (SSSR count). The summed E-state index contributed by atoms with van der Waals surface area (Å²) < 4.78 is 5.96. The second-order valence-corrected chi connectivity index (χ2v) is 5.24. The number of rotatable bonds is 5. The maximum absolute atomic E-state index is 10.9. The summed E-state index contributed by atoms with van der Waals surface area (Å²) in [4.78, 5) is 15.5. The topological polar surface area (TPSA) is 55.1 Å². The minimum Gasteiger partial charge on any atom is -0.436 e. The van der Waals surface area contributed by atoms with E-state index in [0.717, 1.165) is 35.1 Å². The molecule has 0 spiro atoms. The smallest absolute Gasteiger partial charge is 0.227 e. The van der Waals surface area contributed by atoms with Gasteiger partial charge in [0.1, 0.15) is 5.52 Å². The molecule has 0 fully saturated rings.